The quantitative estimate of drug-likeness (QED) is 0.765. The second kappa shape index (κ2) is 3.82. The van der Waals surface area contributed by atoms with Crippen LogP contribution in [0.1, 0.15) is 12.3 Å². The summed E-state index contributed by atoms with van der Waals surface area (Å²) in [6.45, 7) is 2.24. The standard InChI is InChI=1S/C8H10FN3O2S/c1-4-14-3-6(15-4)12-2-5(9)7(10)11-8(12)13/h2,4,6H,3H2,1H3,(H2,10,11,13)/t4-,6-/m1/s1. The molecule has 2 heterocycles. The van der Waals surface area contributed by atoms with Gasteiger partial charge in [-0.15, -0.1) is 11.8 Å². The number of nitrogen functional groups attached to an aromatic ring is 1. The van der Waals surface area contributed by atoms with Crippen molar-refractivity contribution >= 4 is 17.6 Å². The minimum Gasteiger partial charge on any atom is -0.381 e. The van der Waals surface area contributed by atoms with Crippen molar-refractivity contribution in [3.8, 4) is 0 Å². The molecular formula is C8H10FN3O2S. The van der Waals surface area contributed by atoms with Crippen LogP contribution >= 0.6 is 11.8 Å². The molecule has 0 unspecified atom stereocenters. The summed E-state index contributed by atoms with van der Waals surface area (Å²) in [7, 11) is 0. The van der Waals surface area contributed by atoms with Crippen LogP contribution in [0.3, 0.4) is 0 Å². The van der Waals surface area contributed by atoms with E-state index in [0.717, 1.165) is 6.20 Å². The van der Waals surface area contributed by atoms with Gasteiger partial charge in [-0.05, 0) is 6.92 Å². The normalized spacial score (nSPS) is 25.7. The van der Waals surface area contributed by atoms with Gasteiger partial charge in [0.05, 0.1) is 6.61 Å². The maximum Gasteiger partial charge on any atom is 0.350 e. The summed E-state index contributed by atoms with van der Waals surface area (Å²) >= 11 is 1.44. The Balaban J connectivity index is 2.36. The van der Waals surface area contributed by atoms with Crippen molar-refractivity contribution in [2.24, 2.45) is 0 Å². The number of halogens is 1. The number of anilines is 1. The molecule has 0 saturated carbocycles. The highest BCUT2D eigenvalue weighted by atomic mass is 32.2. The Bertz CT molecular complexity index is 436. The first-order valence-corrected chi connectivity index (χ1v) is 5.33. The lowest BCUT2D eigenvalue weighted by atomic mass is 10.5. The van der Waals surface area contributed by atoms with Gasteiger partial charge in [0.15, 0.2) is 11.6 Å². The maximum absolute atomic E-state index is 13.1. The van der Waals surface area contributed by atoms with Crippen LogP contribution < -0.4 is 11.4 Å². The zero-order valence-corrected chi connectivity index (χ0v) is 8.83. The molecule has 0 aliphatic carbocycles. The molecular weight excluding hydrogens is 221 g/mol. The smallest absolute Gasteiger partial charge is 0.350 e. The molecule has 0 aromatic carbocycles. The zero-order chi connectivity index (χ0) is 11.0. The van der Waals surface area contributed by atoms with E-state index in [2.05, 4.69) is 4.98 Å². The Labute approximate surface area is 89.4 Å². The van der Waals surface area contributed by atoms with E-state index in [1.807, 2.05) is 6.92 Å². The van der Waals surface area contributed by atoms with Crippen LogP contribution in [-0.2, 0) is 4.74 Å². The molecule has 82 valence electrons. The Morgan fingerprint density at radius 1 is 1.80 bits per heavy atom. The second-order valence-electron chi connectivity index (χ2n) is 3.16. The number of hydrogen-bond acceptors (Lipinski definition) is 5. The predicted octanol–water partition coefficient (Wildman–Crippen LogP) is 0.573. The van der Waals surface area contributed by atoms with Gasteiger partial charge in [-0.25, -0.2) is 9.18 Å². The van der Waals surface area contributed by atoms with Gasteiger partial charge in [0.25, 0.3) is 0 Å². The van der Waals surface area contributed by atoms with Crippen molar-refractivity contribution in [3.05, 3.63) is 22.5 Å². The van der Waals surface area contributed by atoms with E-state index in [9.17, 15) is 9.18 Å². The van der Waals surface area contributed by atoms with E-state index in [4.69, 9.17) is 10.5 Å². The molecule has 0 bridgehead atoms. The van der Waals surface area contributed by atoms with Crippen molar-refractivity contribution in [2.45, 2.75) is 17.7 Å². The maximum atomic E-state index is 13.1. The first kappa shape index (κ1) is 10.4. The van der Waals surface area contributed by atoms with Crippen molar-refractivity contribution in [1.82, 2.24) is 9.55 Å². The van der Waals surface area contributed by atoms with Gasteiger partial charge in [0.2, 0.25) is 0 Å². The Morgan fingerprint density at radius 3 is 3.13 bits per heavy atom. The van der Waals surface area contributed by atoms with Crippen LogP contribution in [0.25, 0.3) is 0 Å². The van der Waals surface area contributed by atoms with Crippen LogP contribution in [0, 0.1) is 5.82 Å². The molecule has 2 N–H and O–H groups in total. The third kappa shape index (κ3) is 1.98. The molecule has 1 aliphatic rings. The van der Waals surface area contributed by atoms with Gasteiger partial charge < -0.3 is 10.5 Å². The molecule has 2 atom stereocenters. The van der Waals surface area contributed by atoms with Gasteiger partial charge in [-0.2, -0.15) is 4.98 Å². The fraction of sp³-hybridized carbons (Fsp3) is 0.500. The number of thioether (sulfide) groups is 1. The number of nitrogens with zero attached hydrogens (tertiary/aromatic N) is 2. The van der Waals surface area contributed by atoms with Gasteiger partial charge >= 0.3 is 5.69 Å². The third-order valence-electron chi connectivity index (χ3n) is 2.07. The van der Waals surface area contributed by atoms with Gasteiger partial charge in [0.1, 0.15) is 10.8 Å². The largest absolute Gasteiger partial charge is 0.381 e. The van der Waals surface area contributed by atoms with Crippen molar-refractivity contribution in [3.63, 3.8) is 0 Å². The average molecular weight is 231 g/mol. The van der Waals surface area contributed by atoms with Gasteiger partial charge in [-0.3, -0.25) is 4.57 Å². The zero-order valence-electron chi connectivity index (χ0n) is 8.01. The van der Waals surface area contributed by atoms with E-state index in [1.54, 1.807) is 0 Å². The molecule has 1 fully saturated rings. The lowest BCUT2D eigenvalue weighted by Crippen LogP contribution is -2.27. The molecule has 15 heavy (non-hydrogen) atoms. The van der Waals surface area contributed by atoms with Crippen LogP contribution in [0.15, 0.2) is 11.0 Å². The van der Waals surface area contributed by atoms with Gasteiger partial charge in [0, 0.05) is 6.20 Å². The van der Waals surface area contributed by atoms with Crippen LogP contribution in [-0.4, -0.2) is 21.6 Å². The van der Waals surface area contributed by atoms with Crippen LogP contribution in [0.5, 0.6) is 0 Å². The predicted molar refractivity (Wildman–Crippen MR) is 54.9 cm³/mol. The van der Waals surface area contributed by atoms with E-state index >= 15 is 0 Å². The minimum absolute atomic E-state index is 0.00233. The Hall–Kier alpha value is -1.08. The highest BCUT2D eigenvalue weighted by Gasteiger charge is 2.25. The fourth-order valence-electron chi connectivity index (χ4n) is 1.33. The lowest BCUT2D eigenvalue weighted by molar-refractivity contribution is 0.135. The molecule has 1 aromatic rings. The SMILES string of the molecule is C[C@@H]1OC[C@H](n2cc(F)c(N)nc2=O)S1. The third-order valence-corrected chi connectivity index (χ3v) is 3.26. The molecule has 1 aromatic heterocycles. The number of rotatable bonds is 1. The number of nitrogens with two attached hydrogens (primary N) is 1. The number of aromatic nitrogens is 2. The lowest BCUT2D eigenvalue weighted by Gasteiger charge is -2.10. The van der Waals surface area contributed by atoms with E-state index in [-0.39, 0.29) is 16.6 Å². The molecule has 1 aliphatic heterocycles. The van der Waals surface area contributed by atoms with Crippen LogP contribution in [0.4, 0.5) is 10.2 Å². The highest BCUT2D eigenvalue weighted by Crippen LogP contribution is 2.34. The number of hydrogen-bond donors (Lipinski definition) is 1. The molecule has 0 amide bonds. The van der Waals surface area contributed by atoms with E-state index in [0.29, 0.717) is 6.61 Å². The molecule has 5 nitrogen and oxygen atoms in total. The van der Waals surface area contributed by atoms with Crippen molar-refractivity contribution in [2.75, 3.05) is 12.3 Å². The first-order chi connectivity index (χ1) is 7.08. The van der Waals surface area contributed by atoms with E-state index < -0.39 is 11.5 Å². The topological polar surface area (TPSA) is 70.1 Å². The van der Waals surface area contributed by atoms with Gasteiger partial charge in [-0.1, -0.05) is 0 Å². The first-order valence-electron chi connectivity index (χ1n) is 4.39. The Morgan fingerprint density at radius 2 is 2.53 bits per heavy atom. The molecule has 2 rings (SSSR count). The van der Waals surface area contributed by atoms with Crippen LogP contribution in [0.2, 0.25) is 0 Å². The highest BCUT2D eigenvalue weighted by molar-refractivity contribution is 8.00. The number of ether oxygens (including phenoxy) is 1. The summed E-state index contributed by atoms with van der Waals surface area (Å²) in [6, 6.07) is 0. The second-order valence-corrected chi connectivity index (χ2v) is 4.64. The summed E-state index contributed by atoms with van der Waals surface area (Å²) in [6.07, 6.45) is 1.07. The van der Waals surface area contributed by atoms with Crippen molar-refractivity contribution < 1.29 is 9.13 Å². The molecule has 7 heteroatoms. The Kier molecular flexibility index (Phi) is 2.66. The summed E-state index contributed by atoms with van der Waals surface area (Å²) in [4.78, 5) is 14.8. The average Bonchev–Trinajstić information content (AvgIpc) is 2.58. The monoisotopic (exact) mass is 231 g/mol. The molecule has 1 saturated heterocycles. The molecule has 0 radical (unpaired) electrons. The minimum atomic E-state index is -0.685. The molecule has 0 spiro atoms. The summed E-state index contributed by atoms with van der Waals surface area (Å²) in [5.41, 5.74) is 4.63. The summed E-state index contributed by atoms with van der Waals surface area (Å²) in [5.74, 6) is -1.05. The van der Waals surface area contributed by atoms with E-state index in [1.165, 1.54) is 16.3 Å². The fourth-order valence-corrected chi connectivity index (χ4v) is 2.37. The van der Waals surface area contributed by atoms with Crippen molar-refractivity contribution in [1.29, 1.82) is 0 Å². The summed E-state index contributed by atoms with van der Waals surface area (Å²) < 4.78 is 19.6. The summed E-state index contributed by atoms with van der Waals surface area (Å²) in [5, 5.41) is -0.227.